The van der Waals surface area contributed by atoms with Crippen LogP contribution in [0.2, 0.25) is 5.02 Å². The molecule has 0 unspecified atom stereocenters. The highest BCUT2D eigenvalue weighted by Crippen LogP contribution is 2.30. The highest BCUT2D eigenvalue weighted by Gasteiger charge is 2.49. The van der Waals surface area contributed by atoms with E-state index in [2.05, 4.69) is 10.6 Å². The van der Waals surface area contributed by atoms with Crippen LogP contribution in [0, 0.1) is 0 Å². The van der Waals surface area contributed by atoms with Crippen LogP contribution < -0.4 is 15.4 Å². The summed E-state index contributed by atoms with van der Waals surface area (Å²) in [6, 6.07) is 12.8. The predicted molar refractivity (Wildman–Crippen MR) is 101 cm³/mol. The van der Waals surface area contributed by atoms with Crippen molar-refractivity contribution in [2.45, 2.75) is 12.5 Å². The summed E-state index contributed by atoms with van der Waals surface area (Å²) in [5.74, 6) is -0.539. The normalized spacial score (nSPS) is 19.0. The van der Waals surface area contributed by atoms with E-state index >= 15 is 0 Å². The van der Waals surface area contributed by atoms with E-state index in [-0.39, 0.29) is 0 Å². The maximum Gasteiger partial charge on any atom is 0.325 e. The average molecular weight is 388 g/mol. The zero-order valence-electron chi connectivity index (χ0n) is 14.8. The van der Waals surface area contributed by atoms with Gasteiger partial charge < -0.3 is 15.4 Å². The number of urea groups is 1. The van der Waals surface area contributed by atoms with Gasteiger partial charge in [0.1, 0.15) is 17.8 Å². The van der Waals surface area contributed by atoms with Gasteiger partial charge in [-0.15, -0.1) is 0 Å². The minimum absolute atomic E-state index is 0.411. The molecule has 0 spiro atoms. The third-order valence-electron chi connectivity index (χ3n) is 4.38. The van der Waals surface area contributed by atoms with E-state index < -0.39 is 29.9 Å². The maximum atomic E-state index is 12.8. The Kier molecular flexibility index (Phi) is 5.05. The van der Waals surface area contributed by atoms with Crippen molar-refractivity contribution < 1.29 is 19.1 Å². The van der Waals surface area contributed by atoms with Gasteiger partial charge in [0.05, 0.1) is 12.8 Å². The lowest BCUT2D eigenvalue weighted by Crippen LogP contribution is -2.42. The number of nitrogens with one attached hydrogen (secondary N) is 2. The van der Waals surface area contributed by atoms with Crippen molar-refractivity contribution in [3.05, 3.63) is 59.1 Å². The second-order valence-corrected chi connectivity index (χ2v) is 6.64. The van der Waals surface area contributed by atoms with Gasteiger partial charge in [0.25, 0.3) is 5.91 Å². The zero-order valence-corrected chi connectivity index (χ0v) is 15.5. The fraction of sp³-hybridized carbons (Fsp3) is 0.211. The first-order chi connectivity index (χ1) is 12.8. The Morgan fingerprint density at radius 3 is 2.52 bits per heavy atom. The Morgan fingerprint density at radius 1 is 1.19 bits per heavy atom. The molecule has 27 heavy (non-hydrogen) atoms. The maximum absolute atomic E-state index is 12.8. The van der Waals surface area contributed by atoms with Gasteiger partial charge in [0.15, 0.2) is 0 Å². The van der Waals surface area contributed by atoms with Crippen molar-refractivity contribution in [2.75, 3.05) is 19.0 Å². The highest BCUT2D eigenvalue weighted by atomic mass is 35.5. The number of ether oxygens (including phenoxy) is 1. The van der Waals surface area contributed by atoms with E-state index in [1.165, 1.54) is 7.11 Å². The molecule has 1 heterocycles. The van der Waals surface area contributed by atoms with Crippen molar-refractivity contribution in [1.29, 1.82) is 0 Å². The molecule has 4 amide bonds. The first-order valence-corrected chi connectivity index (χ1v) is 8.56. The summed E-state index contributed by atoms with van der Waals surface area (Å²) in [7, 11) is 1.49. The van der Waals surface area contributed by atoms with Crippen LogP contribution in [0.3, 0.4) is 0 Å². The van der Waals surface area contributed by atoms with Crippen molar-refractivity contribution in [3.63, 3.8) is 0 Å². The fourth-order valence-electron chi connectivity index (χ4n) is 2.90. The number of imide groups is 1. The van der Waals surface area contributed by atoms with Crippen molar-refractivity contribution in [3.8, 4) is 5.75 Å². The van der Waals surface area contributed by atoms with Gasteiger partial charge in [-0.3, -0.25) is 14.5 Å². The van der Waals surface area contributed by atoms with E-state index in [4.69, 9.17) is 16.3 Å². The molecule has 1 aliphatic heterocycles. The van der Waals surface area contributed by atoms with Crippen molar-refractivity contribution in [1.82, 2.24) is 10.2 Å². The van der Waals surface area contributed by atoms with Crippen LogP contribution in [0.25, 0.3) is 0 Å². The number of halogens is 1. The van der Waals surface area contributed by atoms with Crippen LogP contribution in [0.5, 0.6) is 5.75 Å². The topological polar surface area (TPSA) is 87.7 Å². The summed E-state index contributed by atoms with van der Waals surface area (Å²) in [4.78, 5) is 38.4. The summed E-state index contributed by atoms with van der Waals surface area (Å²) < 4.78 is 5.17. The molecular formula is C19H18ClN3O4. The van der Waals surface area contributed by atoms with Crippen molar-refractivity contribution in [2.24, 2.45) is 0 Å². The number of para-hydroxylation sites is 2. The number of hydrogen-bond acceptors (Lipinski definition) is 4. The summed E-state index contributed by atoms with van der Waals surface area (Å²) >= 11 is 5.88. The van der Waals surface area contributed by atoms with Gasteiger partial charge in [0.2, 0.25) is 5.91 Å². The molecule has 1 saturated heterocycles. The summed E-state index contributed by atoms with van der Waals surface area (Å²) in [5.41, 5.74) is -0.220. The number of rotatable bonds is 5. The number of methoxy groups -OCH3 is 1. The molecular weight excluding hydrogens is 370 g/mol. The van der Waals surface area contributed by atoms with Crippen LogP contribution >= 0.6 is 11.6 Å². The standard InChI is InChI=1S/C19H18ClN3O4/c1-19(12-7-9-13(20)10-8-12)17(25)23(18(26)22-19)11-16(24)21-14-5-3-4-6-15(14)27-2/h3-10H,11H2,1-2H3,(H,21,24)(H,22,26)/t19-/m1/s1. The molecule has 140 valence electrons. The predicted octanol–water partition coefficient (Wildman–Crippen LogP) is 2.75. The molecule has 0 radical (unpaired) electrons. The molecule has 2 N–H and O–H groups in total. The van der Waals surface area contributed by atoms with Crippen LogP contribution in [-0.2, 0) is 15.1 Å². The molecule has 1 fully saturated rings. The minimum atomic E-state index is -1.26. The first-order valence-electron chi connectivity index (χ1n) is 8.18. The summed E-state index contributed by atoms with van der Waals surface area (Å²) in [5, 5.41) is 5.82. The number of anilines is 1. The first kappa shape index (κ1) is 18.7. The Morgan fingerprint density at radius 2 is 1.85 bits per heavy atom. The third-order valence-corrected chi connectivity index (χ3v) is 4.63. The van der Waals surface area contributed by atoms with Crippen LogP contribution in [0.1, 0.15) is 12.5 Å². The lowest BCUT2D eigenvalue weighted by atomic mass is 9.92. The summed E-state index contributed by atoms with van der Waals surface area (Å²) in [6.07, 6.45) is 0. The van der Waals surface area contributed by atoms with Crippen LogP contribution in [0.15, 0.2) is 48.5 Å². The van der Waals surface area contributed by atoms with Gasteiger partial charge in [0, 0.05) is 5.02 Å². The Hall–Kier alpha value is -3.06. The van der Waals surface area contributed by atoms with E-state index in [9.17, 15) is 14.4 Å². The van der Waals surface area contributed by atoms with Crippen LogP contribution in [-0.4, -0.2) is 36.4 Å². The Balaban J connectivity index is 1.75. The van der Waals surface area contributed by atoms with Gasteiger partial charge >= 0.3 is 6.03 Å². The van der Waals surface area contributed by atoms with Crippen LogP contribution in [0.4, 0.5) is 10.5 Å². The third kappa shape index (κ3) is 3.59. The largest absolute Gasteiger partial charge is 0.495 e. The lowest BCUT2D eigenvalue weighted by Gasteiger charge is -2.22. The van der Waals surface area contributed by atoms with E-state index in [0.717, 1.165) is 4.90 Å². The van der Waals surface area contributed by atoms with E-state index in [1.54, 1.807) is 55.5 Å². The SMILES string of the molecule is COc1ccccc1NC(=O)CN1C(=O)N[C@](C)(c2ccc(Cl)cc2)C1=O. The number of amides is 4. The minimum Gasteiger partial charge on any atom is -0.495 e. The van der Waals surface area contributed by atoms with Gasteiger partial charge in [-0.25, -0.2) is 4.79 Å². The van der Waals surface area contributed by atoms with Gasteiger partial charge in [-0.2, -0.15) is 0 Å². The molecule has 0 bridgehead atoms. The Bertz CT molecular complexity index is 900. The molecule has 0 aromatic heterocycles. The highest BCUT2D eigenvalue weighted by molar-refractivity contribution is 6.30. The quantitative estimate of drug-likeness (QED) is 0.772. The molecule has 7 nitrogen and oxygen atoms in total. The number of carbonyl (C=O) groups is 3. The fourth-order valence-corrected chi connectivity index (χ4v) is 3.03. The second kappa shape index (κ2) is 7.28. The number of nitrogens with zero attached hydrogens (tertiary/aromatic N) is 1. The molecule has 2 aromatic rings. The number of hydrogen-bond donors (Lipinski definition) is 2. The smallest absolute Gasteiger partial charge is 0.325 e. The van der Waals surface area contributed by atoms with E-state index in [1.807, 2.05) is 0 Å². The van der Waals surface area contributed by atoms with Gasteiger partial charge in [-0.1, -0.05) is 35.9 Å². The lowest BCUT2D eigenvalue weighted by molar-refractivity contribution is -0.133. The molecule has 0 saturated carbocycles. The Labute approximate surface area is 161 Å². The average Bonchev–Trinajstić information content (AvgIpc) is 2.86. The number of carbonyl (C=O) groups excluding carboxylic acids is 3. The molecule has 8 heteroatoms. The molecule has 1 atom stereocenters. The second-order valence-electron chi connectivity index (χ2n) is 6.20. The zero-order chi connectivity index (χ0) is 19.6. The monoisotopic (exact) mass is 387 g/mol. The summed E-state index contributed by atoms with van der Waals surface area (Å²) in [6.45, 7) is 1.18. The molecule has 0 aliphatic carbocycles. The molecule has 1 aliphatic rings. The van der Waals surface area contributed by atoms with E-state index in [0.29, 0.717) is 22.0 Å². The van der Waals surface area contributed by atoms with Gasteiger partial charge in [-0.05, 0) is 36.8 Å². The number of benzene rings is 2. The molecule has 2 aromatic carbocycles. The van der Waals surface area contributed by atoms with Crippen molar-refractivity contribution >= 4 is 35.1 Å². The molecule has 3 rings (SSSR count).